The first-order chi connectivity index (χ1) is 3.18. The van der Waals surface area contributed by atoms with Crippen molar-refractivity contribution in [1.82, 2.24) is 0 Å². The molecular weight excluding hydrogens is 88.1 g/mol. The Labute approximate surface area is 44.2 Å². The number of nitrogens with two attached hydrogens (primary N) is 2. The van der Waals surface area contributed by atoms with Gasteiger partial charge in [0.15, 0.2) is 0 Å². The summed E-state index contributed by atoms with van der Waals surface area (Å²) in [4.78, 5) is 0. The zero-order chi connectivity index (χ0) is 5.86. The summed E-state index contributed by atoms with van der Waals surface area (Å²) in [6, 6.07) is 0. The van der Waals surface area contributed by atoms with Gasteiger partial charge < -0.3 is 11.5 Å². The minimum absolute atomic E-state index is 0.738. The highest BCUT2D eigenvalue weighted by Gasteiger charge is 1.84. The minimum atomic E-state index is 0.738. The molecule has 0 saturated heterocycles. The van der Waals surface area contributed by atoms with Gasteiger partial charge in [0.05, 0.1) is 0 Å². The Morgan fingerprint density at radius 3 is 1.86 bits per heavy atom. The van der Waals surface area contributed by atoms with E-state index in [9.17, 15) is 0 Å². The summed E-state index contributed by atoms with van der Waals surface area (Å²) in [7, 11) is 0. The Bertz CT molecular complexity index is 80.1. The molecule has 7 heavy (non-hydrogen) atoms. The van der Waals surface area contributed by atoms with E-state index in [1.807, 2.05) is 6.92 Å². The van der Waals surface area contributed by atoms with E-state index in [0.717, 1.165) is 17.8 Å². The molecule has 0 radical (unpaired) electrons. The molecule has 0 amide bonds. The molecule has 0 aliphatic rings. The summed E-state index contributed by atoms with van der Waals surface area (Å²) in [5, 5.41) is 0. The van der Waals surface area contributed by atoms with Crippen LogP contribution in [0.4, 0.5) is 0 Å². The summed E-state index contributed by atoms with van der Waals surface area (Å²) >= 11 is 0. The van der Waals surface area contributed by atoms with Crippen molar-refractivity contribution in [2.24, 2.45) is 11.5 Å². The van der Waals surface area contributed by atoms with Crippen LogP contribution in [0, 0.1) is 0 Å². The second kappa shape index (κ2) is 2.50. The molecule has 42 valence electrons. The van der Waals surface area contributed by atoms with Crippen LogP contribution >= 0.6 is 0 Å². The van der Waals surface area contributed by atoms with E-state index < -0.39 is 0 Å². The van der Waals surface area contributed by atoms with E-state index in [2.05, 4.69) is 0 Å². The first-order valence-electron chi connectivity index (χ1n) is 2.39. The van der Waals surface area contributed by atoms with Crippen molar-refractivity contribution in [3.05, 3.63) is 11.4 Å². The summed E-state index contributed by atoms with van der Waals surface area (Å²) in [5.74, 6) is 0. The monoisotopic (exact) mass is 100 g/mol. The van der Waals surface area contributed by atoms with Gasteiger partial charge in [0, 0.05) is 11.4 Å². The Balaban J connectivity index is 3.72. The molecule has 2 heteroatoms. The van der Waals surface area contributed by atoms with Crippen molar-refractivity contribution in [3.8, 4) is 0 Å². The van der Waals surface area contributed by atoms with Crippen molar-refractivity contribution < 1.29 is 0 Å². The predicted molar refractivity (Wildman–Crippen MR) is 31.4 cm³/mol. The highest BCUT2D eigenvalue weighted by Crippen LogP contribution is 1.92. The summed E-state index contributed by atoms with van der Waals surface area (Å²) in [6.45, 7) is 3.78. The SMILES string of the molecule is CC/C(N)=C(/C)N. The lowest BCUT2D eigenvalue weighted by atomic mass is 10.3. The molecule has 0 heterocycles. The van der Waals surface area contributed by atoms with E-state index >= 15 is 0 Å². The fourth-order valence-corrected chi connectivity index (χ4v) is 0.279. The molecule has 2 nitrogen and oxygen atoms in total. The van der Waals surface area contributed by atoms with Crippen molar-refractivity contribution >= 4 is 0 Å². The van der Waals surface area contributed by atoms with Crippen LogP contribution in [-0.2, 0) is 0 Å². The lowest BCUT2D eigenvalue weighted by Crippen LogP contribution is -2.04. The standard InChI is InChI=1S/C5H12N2/c1-3-5(7)4(2)6/h3,6-7H2,1-2H3/b5-4+. The van der Waals surface area contributed by atoms with Crippen LogP contribution in [0.15, 0.2) is 11.4 Å². The van der Waals surface area contributed by atoms with Crippen LogP contribution in [0.2, 0.25) is 0 Å². The maximum absolute atomic E-state index is 5.37. The van der Waals surface area contributed by atoms with Gasteiger partial charge in [0.1, 0.15) is 0 Å². The van der Waals surface area contributed by atoms with E-state index in [1.165, 1.54) is 0 Å². The van der Waals surface area contributed by atoms with E-state index in [4.69, 9.17) is 11.5 Å². The topological polar surface area (TPSA) is 52.0 Å². The highest BCUT2D eigenvalue weighted by atomic mass is 14.7. The van der Waals surface area contributed by atoms with E-state index in [1.54, 1.807) is 6.92 Å². The summed E-state index contributed by atoms with van der Waals surface area (Å²) in [6.07, 6.45) is 0.850. The van der Waals surface area contributed by atoms with Gasteiger partial charge in [0.25, 0.3) is 0 Å². The maximum Gasteiger partial charge on any atom is 0.0265 e. The summed E-state index contributed by atoms with van der Waals surface area (Å²) < 4.78 is 0. The fraction of sp³-hybridized carbons (Fsp3) is 0.600. The molecule has 0 saturated carbocycles. The molecule has 0 aromatic rings. The van der Waals surface area contributed by atoms with E-state index in [0.29, 0.717) is 0 Å². The van der Waals surface area contributed by atoms with Crippen LogP contribution < -0.4 is 11.5 Å². The van der Waals surface area contributed by atoms with Crippen LogP contribution in [0.3, 0.4) is 0 Å². The minimum Gasteiger partial charge on any atom is -0.401 e. The van der Waals surface area contributed by atoms with Gasteiger partial charge >= 0.3 is 0 Å². The van der Waals surface area contributed by atoms with Gasteiger partial charge in [-0.2, -0.15) is 0 Å². The van der Waals surface area contributed by atoms with Crippen LogP contribution in [0.25, 0.3) is 0 Å². The quantitative estimate of drug-likeness (QED) is 0.505. The third-order valence-corrected chi connectivity index (χ3v) is 0.887. The molecular formula is C5H12N2. The first kappa shape index (κ1) is 6.34. The molecule has 0 aliphatic carbocycles. The predicted octanol–water partition coefficient (Wildman–Crippen LogP) is 0.545. The molecule has 0 unspecified atom stereocenters. The molecule has 4 N–H and O–H groups in total. The molecule has 0 bridgehead atoms. The van der Waals surface area contributed by atoms with Crippen LogP contribution in [0.1, 0.15) is 20.3 Å². The van der Waals surface area contributed by atoms with E-state index in [-0.39, 0.29) is 0 Å². The Morgan fingerprint density at radius 2 is 1.86 bits per heavy atom. The molecule has 0 aromatic heterocycles. The molecule has 0 aromatic carbocycles. The Hall–Kier alpha value is -0.660. The number of hydrogen-bond donors (Lipinski definition) is 2. The smallest absolute Gasteiger partial charge is 0.0265 e. The fourth-order valence-electron chi connectivity index (χ4n) is 0.279. The third-order valence-electron chi connectivity index (χ3n) is 0.887. The van der Waals surface area contributed by atoms with Crippen LogP contribution in [0.5, 0.6) is 0 Å². The van der Waals surface area contributed by atoms with Gasteiger partial charge in [-0.25, -0.2) is 0 Å². The molecule has 0 spiro atoms. The Kier molecular flexibility index (Phi) is 2.27. The molecule has 0 rings (SSSR count). The van der Waals surface area contributed by atoms with Crippen molar-refractivity contribution in [2.75, 3.05) is 0 Å². The third kappa shape index (κ3) is 2.09. The highest BCUT2D eigenvalue weighted by molar-refractivity contribution is 5.02. The van der Waals surface area contributed by atoms with Crippen LogP contribution in [-0.4, -0.2) is 0 Å². The number of allylic oxidation sites excluding steroid dienone is 2. The first-order valence-corrected chi connectivity index (χ1v) is 2.39. The lowest BCUT2D eigenvalue weighted by molar-refractivity contribution is 1.01. The normalized spacial score (nSPS) is 13.4. The van der Waals surface area contributed by atoms with Crippen molar-refractivity contribution in [3.63, 3.8) is 0 Å². The average molecular weight is 100 g/mol. The van der Waals surface area contributed by atoms with Gasteiger partial charge in [-0.3, -0.25) is 0 Å². The summed E-state index contributed by atoms with van der Waals surface area (Å²) in [5.41, 5.74) is 12.2. The molecule has 0 atom stereocenters. The number of hydrogen-bond acceptors (Lipinski definition) is 2. The zero-order valence-corrected chi connectivity index (χ0v) is 4.86. The average Bonchev–Trinajstić information content (AvgIpc) is 1.65. The maximum atomic E-state index is 5.37. The van der Waals surface area contributed by atoms with Gasteiger partial charge in [-0.15, -0.1) is 0 Å². The number of rotatable bonds is 1. The van der Waals surface area contributed by atoms with Crippen molar-refractivity contribution in [2.45, 2.75) is 20.3 Å². The largest absolute Gasteiger partial charge is 0.401 e. The van der Waals surface area contributed by atoms with Crippen molar-refractivity contribution in [1.29, 1.82) is 0 Å². The zero-order valence-electron chi connectivity index (χ0n) is 4.86. The molecule has 0 fully saturated rings. The van der Waals surface area contributed by atoms with Gasteiger partial charge in [-0.05, 0) is 13.3 Å². The second-order valence-corrected chi connectivity index (χ2v) is 1.56. The molecule has 0 aliphatic heterocycles. The lowest BCUT2D eigenvalue weighted by Gasteiger charge is -1.95. The van der Waals surface area contributed by atoms with Gasteiger partial charge in [-0.1, -0.05) is 6.92 Å². The van der Waals surface area contributed by atoms with Gasteiger partial charge in [0.2, 0.25) is 0 Å². The second-order valence-electron chi connectivity index (χ2n) is 1.56. The Morgan fingerprint density at radius 1 is 1.43 bits per heavy atom.